The van der Waals surface area contributed by atoms with Gasteiger partial charge in [0, 0.05) is 25.3 Å². The predicted molar refractivity (Wildman–Crippen MR) is 106 cm³/mol. The van der Waals surface area contributed by atoms with E-state index in [0.717, 1.165) is 18.4 Å². The normalized spacial score (nSPS) is 11.1. The van der Waals surface area contributed by atoms with Crippen LogP contribution in [0.4, 0.5) is 5.82 Å². The van der Waals surface area contributed by atoms with Gasteiger partial charge in [-0.3, -0.25) is 0 Å². The van der Waals surface area contributed by atoms with Gasteiger partial charge in [0.1, 0.15) is 5.52 Å². The minimum atomic E-state index is 0.0835. The molecule has 0 amide bonds. The molecule has 3 aromatic heterocycles. The maximum Gasteiger partial charge on any atom is 0.320 e. The summed E-state index contributed by atoms with van der Waals surface area (Å²) in [5.74, 6) is 0.728. The van der Waals surface area contributed by atoms with E-state index in [1.807, 2.05) is 6.07 Å². The molecule has 0 saturated heterocycles. The maximum atomic E-state index is 8.79. The van der Waals surface area contributed by atoms with Crippen molar-refractivity contribution in [3.63, 3.8) is 0 Å². The van der Waals surface area contributed by atoms with Crippen LogP contribution in [-0.2, 0) is 6.54 Å². The van der Waals surface area contributed by atoms with Crippen LogP contribution in [0, 0.1) is 0 Å². The third kappa shape index (κ3) is 4.69. The summed E-state index contributed by atoms with van der Waals surface area (Å²) in [6.07, 6.45) is 4.17. The van der Waals surface area contributed by atoms with Crippen LogP contribution in [0.3, 0.4) is 0 Å². The Hall–Kier alpha value is -2.88. The van der Waals surface area contributed by atoms with Crippen LogP contribution in [0.5, 0.6) is 11.9 Å². The van der Waals surface area contributed by atoms with Crippen molar-refractivity contribution in [3.8, 4) is 11.9 Å². The third-order valence-electron chi connectivity index (χ3n) is 4.05. The zero-order chi connectivity index (χ0) is 19.9. The number of hydrogen-bond acceptors (Lipinski definition) is 8. The highest BCUT2D eigenvalue weighted by atomic mass is 16.5. The van der Waals surface area contributed by atoms with Crippen molar-refractivity contribution >= 4 is 30.6 Å². The number of unbranched alkanes of at least 4 members (excludes halogenated alkanes) is 1. The molecule has 0 aliphatic rings. The highest BCUT2D eigenvalue weighted by Crippen LogP contribution is 2.19. The van der Waals surface area contributed by atoms with Crippen LogP contribution in [0.2, 0.25) is 0 Å². The van der Waals surface area contributed by atoms with Gasteiger partial charge in [0.2, 0.25) is 5.88 Å². The van der Waals surface area contributed by atoms with Crippen molar-refractivity contribution in [2.24, 2.45) is 0 Å². The topological polar surface area (TPSA) is 121 Å². The number of aliphatic hydroxyl groups is 1. The molecule has 3 rings (SSSR count). The Morgan fingerprint density at radius 1 is 1.14 bits per heavy atom. The van der Waals surface area contributed by atoms with Crippen molar-refractivity contribution in [1.82, 2.24) is 24.5 Å². The van der Waals surface area contributed by atoms with E-state index in [2.05, 4.69) is 26.9 Å². The third-order valence-corrected chi connectivity index (χ3v) is 4.05. The lowest BCUT2D eigenvalue weighted by molar-refractivity contribution is 0.229. The van der Waals surface area contributed by atoms with E-state index >= 15 is 0 Å². The number of nitrogen functional groups attached to an aromatic ring is 1. The molecule has 2 radical (unpaired) electrons. The lowest BCUT2D eigenvalue weighted by Crippen LogP contribution is -2.20. The first-order valence-electron chi connectivity index (χ1n) is 9.23. The fourth-order valence-corrected chi connectivity index (χ4v) is 2.56. The maximum absolute atomic E-state index is 8.79. The van der Waals surface area contributed by atoms with Gasteiger partial charge in [0.05, 0.1) is 25.5 Å². The Kier molecular flexibility index (Phi) is 6.64. The second kappa shape index (κ2) is 9.36. The summed E-state index contributed by atoms with van der Waals surface area (Å²) in [6, 6.07) is 3.87. The van der Waals surface area contributed by atoms with Crippen molar-refractivity contribution < 1.29 is 14.6 Å². The first-order valence-corrected chi connectivity index (χ1v) is 9.23. The molecule has 3 N–H and O–H groups in total. The molecular weight excluding hydrogens is 359 g/mol. The minimum absolute atomic E-state index is 0.0835. The second-order valence-electron chi connectivity index (χ2n) is 6.25. The lowest BCUT2D eigenvalue weighted by atomic mass is 10.1. The molecule has 28 heavy (non-hydrogen) atoms. The van der Waals surface area contributed by atoms with Crippen molar-refractivity contribution in [2.45, 2.75) is 32.7 Å². The summed E-state index contributed by atoms with van der Waals surface area (Å²) in [7, 11) is 6.07. The van der Waals surface area contributed by atoms with Gasteiger partial charge in [-0.1, -0.05) is 19.4 Å². The number of ether oxygens (including phenoxy) is 2. The number of hydrogen-bond donors (Lipinski definition) is 2. The molecular formula is C18H23BN6O3. The lowest BCUT2D eigenvalue weighted by Gasteiger charge is -2.09. The number of imidazole rings is 1. The Balaban J connectivity index is 1.80. The number of fused-ring (bicyclic) bond motifs is 1. The summed E-state index contributed by atoms with van der Waals surface area (Å²) in [6.45, 7) is 3.51. The number of rotatable bonds is 10. The highest BCUT2D eigenvalue weighted by molar-refractivity contribution is 6.30. The van der Waals surface area contributed by atoms with E-state index in [1.165, 1.54) is 0 Å². The molecule has 0 saturated carbocycles. The molecule has 9 nitrogen and oxygen atoms in total. The molecule has 10 heteroatoms. The molecule has 3 aromatic rings. The monoisotopic (exact) mass is 382 g/mol. The fraction of sp³-hybridized carbons (Fsp3) is 0.444. The molecule has 3 heterocycles. The van der Waals surface area contributed by atoms with E-state index in [0.29, 0.717) is 43.2 Å². The van der Waals surface area contributed by atoms with Gasteiger partial charge >= 0.3 is 6.01 Å². The van der Waals surface area contributed by atoms with Crippen molar-refractivity contribution in [3.05, 3.63) is 23.9 Å². The van der Waals surface area contributed by atoms with E-state index in [-0.39, 0.29) is 24.2 Å². The molecule has 0 fully saturated rings. The number of aromatic nitrogens is 5. The number of nitrogens with two attached hydrogens (primary N) is 1. The molecule has 0 bridgehead atoms. The van der Waals surface area contributed by atoms with Gasteiger partial charge in [0.25, 0.3) is 0 Å². The van der Waals surface area contributed by atoms with Gasteiger partial charge in [-0.15, -0.1) is 0 Å². The average Bonchev–Trinajstić information content (AvgIpc) is 3.00. The van der Waals surface area contributed by atoms with Crippen LogP contribution >= 0.6 is 0 Å². The van der Waals surface area contributed by atoms with Gasteiger partial charge in [0.15, 0.2) is 19.3 Å². The molecule has 146 valence electrons. The van der Waals surface area contributed by atoms with Crippen molar-refractivity contribution in [1.29, 1.82) is 0 Å². The zero-order valence-corrected chi connectivity index (χ0v) is 15.8. The molecule has 0 atom stereocenters. The molecule has 0 spiro atoms. The van der Waals surface area contributed by atoms with E-state index in [4.69, 9.17) is 28.2 Å². The Morgan fingerprint density at radius 2 is 1.96 bits per heavy atom. The fourth-order valence-electron chi connectivity index (χ4n) is 2.56. The summed E-state index contributed by atoms with van der Waals surface area (Å²) >= 11 is 0. The van der Waals surface area contributed by atoms with Crippen LogP contribution in [-0.4, -0.2) is 57.3 Å². The summed E-state index contributed by atoms with van der Waals surface area (Å²) in [5.41, 5.74) is 8.14. The average molecular weight is 382 g/mol. The number of anilines is 1. The van der Waals surface area contributed by atoms with Crippen LogP contribution in [0.15, 0.2) is 18.3 Å². The predicted octanol–water partition coefficient (Wildman–Crippen LogP) is 0.586. The van der Waals surface area contributed by atoms with Crippen LogP contribution < -0.4 is 20.9 Å². The molecule has 0 aromatic carbocycles. The zero-order valence-electron chi connectivity index (χ0n) is 15.8. The number of nitrogens with zero attached hydrogens (tertiary/aromatic N) is 5. The highest BCUT2D eigenvalue weighted by Gasteiger charge is 2.15. The van der Waals surface area contributed by atoms with Gasteiger partial charge in [-0.25, -0.2) is 9.97 Å². The van der Waals surface area contributed by atoms with E-state index < -0.39 is 0 Å². The number of aliphatic hydroxyl groups excluding tert-OH is 1. The summed E-state index contributed by atoms with van der Waals surface area (Å²) < 4.78 is 12.8. The summed E-state index contributed by atoms with van der Waals surface area (Å²) in [5, 5.41) is 8.79. The van der Waals surface area contributed by atoms with Crippen LogP contribution in [0.1, 0.15) is 31.7 Å². The molecule has 0 aliphatic carbocycles. The molecule has 0 aliphatic heterocycles. The van der Waals surface area contributed by atoms with E-state index in [1.54, 1.807) is 16.8 Å². The Labute approximate surface area is 164 Å². The minimum Gasteiger partial charge on any atom is -0.478 e. The smallest absolute Gasteiger partial charge is 0.320 e. The second-order valence-corrected chi connectivity index (χ2v) is 6.25. The largest absolute Gasteiger partial charge is 0.478 e. The Morgan fingerprint density at radius 3 is 2.68 bits per heavy atom. The first-order chi connectivity index (χ1) is 13.6. The van der Waals surface area contributed by atoms with Gasteiger partial charge < -0.3 is 24.9 Å². The standard InChI is InChI=1S/C18H23BN6O3/c1-2-3-8-28-18-23-15(20)14-16(24-18)25(17(19)22-14)11-12-5-6-13(21-10-12)27-9-4-7-26/h5-6,10,26H,2-4,7-9,11H2,1H3,(H2,20,23,24). The Bertz CT molecular complexity index is 916. The summed E-state index contributed by atoms with van der Waals surface area (Å²) in [4.78, 5) is 17.1. The number of pyridine rings is 1. The molecule has 0 unspecified atom stereocenters. The quantitative estimate of drug-likeness (QED) is 0.386. The van der Waals surface area contributed by atoms with Gasteiger partial charge in [-0.2, -0.15) is 9.97 Å². The van der Waals surface area contributed by atoms with Gasteiger partial charge in [-0.05, 0) is 12.0 Å². The SMILES string of the molecule is [B]c1nc2c(N)nc(OCCCC)nc2n1Cc1ccc(OCCCO)nc1. The first kappa shape index (κ1) is 19.9. The van der Waals surface area contributed by atoms with Crippen molar-refractivity contribution in [2.75, 3.05) is 25.6 Å². The van der Waals surface area contributed by atoms with Crippen LogP contribution in [0.25, 0.3) is 11.2 Å². The van der Waals surface area contributed by atoms with E-state index in [9.17, 15) is 0 Å².